The summed E-state index contributed by atoms with van der Waals surface area (Å²) in [6.45, 7) is 7.14. The van der Waals surface area contributed by atoms with E-state index in [2.05, 4.69) is 51.4 Å². The Labute approximate surface area is 237 Å². The van der Waals surface area contributed by atoms with Gasteiger partial charge < -0.3 is 31.2 Å². The molecule has 0 spiro atoms. The van der Waals surface area contributed by atoms with Crippen LogP contribution in [-0.4, -0.2) is 79.7 Å². The Morgan fingerprint density at radius 3 is 2.65 bits per heavy atom. The first-order chi connectivity index (χ1) is 19.8. The molecule has 0 aromatic carbocycles. The first-order valence-electron chi connectivity index (χ1n) is 15.2. The van der Waals surface area contributed by atoms with Crippen molar-refractivity contribution in [1.82, 2.24) is 50.9 Å². The van der Waals surface area contributed by atoms with Crippen LogP contribution in [0.4, 0.5) is 11.8 Å². The molecule has 3 aromatic heterocycles. The Morgan fingerprint density at radius 2 is 1.80 bits per heavy atom. The molecule has 218 valence electrons. The van der Waals surface area contributed by atoms with Crippen molar-refractivity contribution in [1.29, 1.82) is 0 Å². The van der Waals surface area contributed by atoms with E-state index in [1.165, 1.54) is 38.5 Å². The number of aromatic nitrogens is 7. The van der Waals surface area contributed by atoms with Crippen LogP contribution in [0.15, 0.2) is 30.9 Å². The van der Waals surface area contributed by atoms with Crippen LogP contribution in [0.2, 0.25) is 0 Å². The standard InChI is InChI=1S/C28H46N12/c1-2-6-23(7-3-1)31-13-4-11-29-12-5-19-40-21-25(37-38-40)20-39(22-27-32-17-18-33-27)28-34-16-10-26(36-28)35-24-8-14-30-15-9-24/h10,16-18,21,23-24,29-31H,1-9,11-15,19-20,22H2,(H,32,33)(H,34,35,36). The number of nitrogens with one attached hydrogen (secondary N) is 5. The third kappa shape index (κ3) is 9.24. The van der Waals surface area contributed by atoms with Crippen LogP contribution >= 0.6 is 0 Å². The van der Waals surface area contributed by atoms with Gasteiger partial charge in [-0.25, -0.2) is 9.97 Å². The number of hydrogen-bond acceptors (Lipinski definition) is 10. The van der Waals surface area contributed by atoms with Crippen molar-refractivity contribution in [3.05, 3.63) is 42.4 Å². The van der Waals surface area contributed by atoms with Crippen molar-refractivity contribution in [3.8, 4) is 0 Å². The van der Waals surface area contributed by atoms with E-state index in [0.717, 1.165) is 81.9 Å². The van der Waals surface area contributed by atoms with E-state index < -0.39 is 0 Å². The average Bonchev–Trinajstić information content (AvgIpc) is 3.68. The Morgan fingerprint density at radius 1 is 0.925 bits per heavy atom. The van der Waals surface area contributed by atoms with Gasteiger partial charge >= 0.3 is 0 Å². The molecule has 5 rings (SSSR count). The molecule has 0 bridgehead atoms. The molecule has 0 radical (unpaired) electrons. The lowest BCUT2D eigenvalue weighted by molar-refractivity contribution is 0.371. The monoisotopic (exact) mass is 550 g/mol. The van der Waals surface area contributed by atoms with Gasteiger partial charge in [0.15, 0.2) is 0 Å². The van der Waals surface area contributed by atoms with Crippen molar-refractivity contribution in [2.24, 2.45) is 0 Å². The van der Waals surface area contributed by atoms with Gasteiger partial charge in [-0.05, 0) is 77.3 Å². The quantitative estimate of drug-likeness (QED) is 0.169. The summed E-state index contributed by atoms with van der Waals surface area (Å²) in [6.07, 6.45) is 18.7. The minimum atomic E-state index is 0.426. The third-order valence-corrected chi connectivity index (χ3v) is 7.76. The second kappa shape index (κ2) is 15.6. The Kier molecular flexibility index (Phi) is 11.1. The highest BCUT2D eigenvalue weighted by molar-refractivity contribution is 5.42. The number of hydrogen-bond donors (Lipinski definition) is 5. The van der Waals surface area contributed by atoms with E-state index in [4.69, 9.17) is 4.98 Å². The molecule has 12 nitrogen and oxygen atoms in total. The molecule has 5 N–H and O–H groups in total. The van der Waals surface area contributed by atoms with Crippen molar-refractivity contribution in [2.75, 3.05) is 42.9 Å². The number of anilines is 2. The number of nitrogens with zero attached hydrogens (tertiary/aromatic N) is 7. The van der Waals surface area contributed by atoms with E-state index in [-0.39, 0.29) is 0 Å². The Hall–Kier alpha value is -3.09. The Bertz CT molecular complexity index is 1090. The topological polar surface area (TPSA) is 137 Å². The molecule has 0 amide bonds. The van der Waals surface area contributed by atoms with Gasteiger partial charge in [-0.15, -0.1) is 5.10 Å². The van der Waals surface area contributed by atoms with Crippen LogP contribution in [-0.2, 0) is 19.6 Å². The predicted octanol–water partition coefficient (Wildman–Crippen LogP) is 2.45. The molecule has 0 unspecified atom stereocenters. The number of aryl methyl sites for hydroxylation is 1. The number of aromatic amines is 1. The van der Waals surface area contributed by atoms with Crippen LogP contribution in [0.1, 0.15) is 69.3 Å². The van der Waals surface area contributed by atoms with Gasteiger partial charge in [0.2, 0.25) is 5.95 Å². The highest BCUT2D eigenvalue weighted by atomic mass is 15.4. The van der Waals surface area contributed by atoms with Crippen LogP contribution in [0.25, 0.3) is 0 Å². The molecule has 1 aliphatic carbocycles. The van der Waals surface area contributed by atoms with Crippen molar-refractivity contribution in [2.45, 2.75) is 89.5 Å². The number of imidazole rings is 1. The van der Waals surface area contributed by atoms with Crippen LogP contribution in [0.3, 0.4) is 0 Å². The Balaban J connectivity index is 1.07. The molecule has 3 aromatic rings. The maximum Gasteiger partial charge on any atom is 0.228 e. The van der Waals surface area contributed by atoms with E-state index in [0.29, 0.717) is 25.1 Å². The smallest absolute Gasteiger partial charge is 0.228 e. The molecule has 1 saturated heterocycles. The number of H-pyrrole nitrogens is 1. The lowest BCUT2D eigenvalue weighted by atomic mass is 9.95. The third-order valence-electron chi connectivity index (χ3n) is 7.76. The normalized spacial score (nSPS) is 16.8. The van der Waals surface area contributed by atoms with Crippen LogP contribution in [0, 0.1) is 0 Å². The second-order valence-electron chi connectivity index (χ2n) is 11.0. The molecular weight excluding hydrogens is 504 g/mol. The average molecular weight is 551 g/mol. The summed E-state index contributed by atoms with van der Waals surface area (Å²) < 4.78 is 1.93. The zero-order valence-electron chi connectivity index (χ0n) is 23.7. The fraction of sp³-hybridized carbons (Fsp3) is 0.679. The van der Waals surface area contributed by atoms with Gasteiger partial charge in [0.1, 0.15) is 17.3 Å². The molecule has 1 saturated carbocycles. The first kappa shape index (κ1) is 28.4. The molecule has 2 fully saturated rings. The van der Waals surface area contributed by atoms with Crippen LogP contribution < -0.4 is 26.2 Å². The van der Waals surface area contributed by atoms with E-state index >= 15 is 0 Å². The lowest BCUT2D eigenvalue weighted by Gasteiger charge is -2.25. The largest absolute Gasteiger partial charge is 0.367 e. The molecule has 4 heterocycles. The summed E-state index contributed by atoms with van der Waals surface area (Å²) in [4.78, 5) is 19.1. The van der Waals surface area contributed by atoms with Crippen molar-refractivity contribution in [3.63, 3.8) is 0 Å². The highest BCUT2D eigenvalue weighted by Gasteiger charge is 2.18. The fourth-order valence-corrected chi connectivity index (χ4v) is 5.55. The molecule has 1 aliphatic heterocycles. The highest BCUT2D eigenvalue weighted by Crippen LogP contribution is 2.18. The minimum absolute atomic E-state index is 0.426. The number of piperidine rings is 1. The summed E-state index contributed by atoms with van der Waals surface area (Å²) >= 11 is 0. The molecule has 2 aliphatic rings. The van der Waals surface area contributed by atoms with Gasteiger partial charge in [-0.1, -0.05) is 24.5 Å². The van der Waals surface area contributed by atoms with E-state index in [1.807, 2.05) is 29.3 Å². The molecule has 12 heteroatoms. The predicted molar refractivity (Wildman–Crippen MR) is 157 cm³/mol. The summed E-state index contributed by atoms with van der Waals surface area (Å²) in [5.41, 5.74) is 0.883. The van der Waals surface area contributed by atoms with Gasteiger partial charge in [-0.3, -0.25) is 4.68 Å². The van der Waals surface area contributed by atoms with E-state index in [9.17, 15) is 0 Å². The maximum absolute atomic E-state index is 4.84. The van der Waals surface area contributed by atoms with Crippen LogP contribution in [0.5, 0.6) is 0 Å². The first-order valence-corrected chi connectivity index (χ1v) is 15.2. The zero-order chi connectivity index (χ0) is 27.2. The van der Waals surface area contributed by atoms with Gasteiger partial charge in [0.05, 0.1) is 19.3 Å². The van der Waals surface area contributed by atoms with E-state index in [1.54, 1.807) is 6.20 Å². The fourth-order valence-electron chi connectivity index (χ4n) is 5.55. The second-order valence-corrected chi connectivity index (χ2v) is 11.0. The minimum Gasteiger partial charge on any atom is -0.367 e. The summed E-state index contributed by atoms with van der Waals surface area (Å²) in [7, 11) is 0. The number of rotatable bonds is 16. The summed E-state index contributed by atoms with van der Waals surface area (Å²) in [6, 6.07) is 3.11. The van der Waals surface area contributed by atoms with Gasteiger partial charge in [0, 0.05) is 37.2 Å². The van der Waals surface area contributed by atoms with Gasteiger partial charge in [-0.2, -0.15) is 4.98 Å². The maximum atomic E-state index is 4.84. The molecular formula is C28H46N12. The summed E-state index contributed by atoms with van der Waals surface area (Å²) in [5.74, 6) is 2.35. The van der Waals surface area contributed by atoms with Gasteiger partial charge in [0.25, 0.3) is 0 Å². The molecule has 0 atom stereocenters. The van der Waals surface area contributed by atoms with Crippen molar-refractivity contribution >= 4 is 11.8 Å². The van der Waals surface area contributed by atoms with Crippen molar-refractivity contribution < 1.29 is 0 Å². The lowest BCUT2D eigenvalue weighted by Crippen LogP contribution is -2.35. The summed E-state index contributed by atoms with van der Waals surface area (Å²) in [5, 5.41) is 23.1. The SMILES string of the molecule is c1cc(NC2CCNCC2)nc(N(Cc2cn(CCCNCCCNC3CCCCC3)nn2)Cc2ncc[nH]2)n1. The zero-order valence-corrected chi connectivity index (χ0v) is 23.7. The molecule has 40 heavy (non-hydrogen) atoms.